The molecule has 7 nitrogen and oxygen atoms in total. The number of aromatic amines is 1. The molecule has 0 bridgehead atoms. The van der Waals surface area contributed by atoms with Crippen LogP contribution in [0.5, 0.6) is 5.75 Å². The molecule has 19 heavy (non-hydrogen) atoms. The Morgan fingerprint density at radius 1 is 1.32 bits per heavy atom. The fourth-order valence-corrected chi connectivity index (χ4v) is 1.41. The molecule has 0 saturated carbocycles. The molecule has 2 aromatic rings. The van der Waals surface area contributed by atoms with Crippen LogP contribution in [0.2, 0.25) is 0 Å². The molecule has 0 unspecified atom stereocenters. The molecule has 1 aromatic carbocycles. The van der Waals surface area contributed by atoms with Crippen molar-refractivity contribution in [1.82, 2.24) is 10.2 Å². The van der Waals surface area contributed by atoms with E-state index in [4.69, 9.17) is 10.5 Å². The molecule has 0 saturated heterocycles. The first-order chi connectivity index (χ1) is 9.16. The minimum absolute atomic E-state index is 0.119. The molecular formula is C12H12N4O3. The second kappa shape index (κ2) is 5.67. The number of nitrogens with zero attached hydrogens (tertiary/aromatic N) is 1. The lowest BCUT2D eigenvalue weighted by Gasteiger charge is -2.06. The molecule has 0 spiro atoms. The highest BCUT2D eigenvalue weighted by molar-refractivity contribution is 6.01. The quantitative estimate of drug-likeness (QED) is 0.728. The number of anilines is 1. The second-order valence-corrected chi connectivity index (χ2v) is 3.67. The van der Waals surface area contributed by atoms with Crippen molar-refractivity contribution in [3.63, 3.8) is 0 Å². The number of carbonyl (C=O) groups excluding carboxylic acids is 2. The maximum absolute atomic E-state index is 11.6. The third-order valence-electron chi connectivity index (χ3n) is 2.28. The summed E-state index contributed by atoms with van der Waals surface area (Å²) < 4.78 is 5.25. The Morgan fingerprint density at radius 3 is 2.74 bits per heavy atom. The van der Waals surface area contributed by atoms with Crippen molar-refractivity contribution >= 4 is 17.6 Å². The van der Waals surface area contributed by atoms with Gasteiger partial charge in [0.25, 0.3) is 11.8 Å². The molecule has 0 aliphatic carbocycles. The van der Waals surface area contributed by atoms with Gasteiger partial charge in [-0.05, 0) is 12.1 Å². The van der Waals surface area contributed by atoms with Crippen LogP contribution in [0.1, 0.15) is 10.4 Å². The van der Waals surface area contributed by atoms with E-state index in [-0.39, 0.29) is 18.0 Å². The number of ether oxygens (including phenoxy) is 1. The van der Waals surface area contributed by atoms with Crippen LogP contribution in [0.25, 0.3) is 0 Å². The van der Waals surface area contributed by atoms with Crippen LogP contribution in [0.3, 0.4) is 0 Å². The van der Waals surface area contributed by atoms with Gasteiger partial charge in [0.15, 0.2) is 6.61 Å². The Morgan fingerprint density at radius 2 is 2.05 bits per heavy atom. The molecule has 1 aromatic heterocycles. The van der Waals surface area contributed by atoms with Crippen LogP contribution in [-0.4, -0.2) is 28.6 Å². The Hall–Kier alpha value is -2.83. The SMILES string of the molecule is NC(=O)c1cn[nH]c1NC(=O)COc1ccccc1. The van der Waals surface area contributed by atoms with Crippen molar-refractivity contribution < 1.29 is 14.3 Å². The van der Waals surface area contributed by atoms with Crippen molar-refractivity contribution in [3.05, 3.63) is 42.1 Å². The van der Waals surface area contributed by atoms with Crippen molar-refractivity contribution in [1.29, 1.82) is 0 Å². The van der Waals surface area contributed by atoms with E-state index in [0.717, 1.165) is 0 Å². The second-order valence-electron chi connectivity index (χ2n) is 3.67. The number of carbonyl (C=O) groups is 2. The van der Waals surface area contributed by atoms with E-state index in [1.165, 1.54) is 6.20 Å². The van der Waals surface area contributed by atoms with Crippen LogP contribution in [0, 0.1) is 0 Å². The molecule has 98 valence electrons. The smallest absolute Gasteiger partial charge is 0.263 e. The third-order valence-corrected chi connectivity index (χ3v) is 2.28. The van der Waals surface area contributed by atoms with E-state index in [9.17, 15) is 9.59 Å². The van der Waals surface area contributed by atoms with E-state index < -0.39 is 11.8 Å². The molecule has 7 heteroatoms. The zero-order valence-corrected chi connectivity index (χ0v) is 9.92. The molecule has 0 fully saturated rings. The molecule has 2 rings (SSSR count). The predicted molar refractivity (Wildman–Crippen MR) is 67.7 cm³/mol. The number of rotatable bonds is 5. The average molecular weight is 260 g/mol. The normalized spacial score (nSPS) is 9.89. The Labute approximate surface area is 108 Å². The molecule has 1 heterocycles. The standard InChI is InChI=1S/C12H12N4O3/c13-11(18)9-6-14-16-12(9)15-10(17)7-19-8-4-2-1-3-5-8/h1-6H,7H2,(H2,13,18)(H2,14,15,16,17). The van der Waals surface area contributed by atoms with Crippen LogP contribution >= 0.6 is 0 Å². The average Bonchev–Trinajstić information content (AvgIpc) is 2.86. The van der Waals surface area contributed by atoms with E-state index >= 15 is 0 Å². The highest BCUT2D eigenvalue weighted by Gasteiger charge is 2.13. The first-order valence-electron chi connectivity index (χ1n) is 5.47. The summed E-state index contributed by atoms with van der Waals surface area (Å²) >= 11 is 0. The molecule has 0 atom stereocenters. The Balaban J connectivity index is 1.91. The maximum Gasteiger partial charge on any atom is 0.263 e. The number of para-hydroxylation sites is 1. The number of hydrogen-bond acceptors (Lipinski definition) is 4. The molecular weight excluding hydrogens is 248 g/mol. The van der Waals surface area contributed by atoms with Gasteiger partial charge in [0.05, 0.1) is 6.20 Å². The van der Waals surface area contributed by atoms with Gasteiger partial charge in [-0.2, -0.15) is 5.10 Å². The summed E-state index contributed by atoms with van der Waals surface area (Å²) in [4.78, 5) is 22.6. The van der Waals surface area contributed by atoms with Gasteiger partial charge in [-0.1, -0.05) is 18.2 Å². The fourth-order valence-electron chi connectivity index (χ4n) is 1.41. The highest BCUT2D eigenvalue weighted by Crippen LogP contribution is 2.11. The third kappa shape index (κ3) is 3.32. The largest absolute Gasteiger partial charge is 0.484 e. The fraction of sp³-hybridized carbons (Fsp3) is 0.0833. The lowest BCUT2D eigenvalue weighted by atomic mass is 10.3. The molecule has 0 aliphatic rings. The Kier molecular flexibility index (Phi) is 3.77. The van der Waals surface area contributed by atoms with E-state index in [2.05, 4.69) is 15.5 Å². The van der Waals surface area contributed by atoms with Gasteiger partial charge < -0.3 is 15.8 Å². The van der Waals surface area contributed by atoms with E-state index in [0.29, 0.717) is 5.75 Å². The van der Waals surface area contributed by atoms with Crippen LogP contribution in [-0.2, 0) is 4.79 Å². The maximum atomic E-state index is 11.6. The predicted octanol–water partition coefficient (Wildman–Crippen LogP) is 0.526. The summed E-state index contributed by atoms with van der Waals surface area (Å²) in [7, 11) is 0. The lowest BCUT2D eigenvalue weighted by molar-refractivity contribution is -0.118. The van der Waals surface area contributed by atoms with Gasteiger partial charge in [-0.15, -0.1) is 0 Å². The number of amides is 2. The minimum Gasteiger partial charge on any atom is -0.484 e. The van der Waals surface area contributed by atoms with E-state index in [1.807, 2.05) is 6.07 Å². The molecule has 2 amide bonds. The Bertz CT molecular complexity index is 580. The van der Waals surface area contributed by atoms with Crippen molar-refractivity contribution in [3.8, 4) is 5.75 Å². The lowest BCUT2D eigenvalue weighted by Crippen LogP contribution is -2.22. The zero-order chi connectivity index (χ0) is 13.7. The molecule has 0 aliphatic heterocycles. The first-order valence-corrected chi connectivity index (χ1v) is 5.47. The first kappa shape index (κ1) is 12.6. The number of hydrogen-bond donors (Lipinski definition) is 3. The van der Waals surface area contributed by atoms with Gasteiger partial charge >= 0.3 is 0 Å². The highest BCUT2D eigenvalue weighted by atomic mass is 16.5. The number of benzene rings is 1. The summed E-state index contributed by atoms with van der Waals surface area (Å²) in [5.41, 5.74) is 5.24. The number of aromatic nitrogens is 2. The minimum atomic E-state index is -0.673. The van der Waals surface area contributed by atoms with Crippen LogP contribution in [0.15, 0.2) is 36.5 Å². The van der Waals surface area contributed by atoms with Gasteiger partial charge in [0, 0.05) is 0 Å². The van der Waals surface area contributed by atoms with Gasteiger partial charge in [-0.3, -0.25) is 14.7 Å². The van der Waals surface area contributed by atoms with Crippen LogP contribution < -0.4 is 15.8 Å². The number of primary amides is 1. The van der Waals surface area contributed by atoms with Crippen molar-refractivity contribution in [2.24, 2.45) is 5.73 Å². The van der Waals surface area contributed by atoms with Crippen molar-refractivity contribution in [2.45, 2.75) is 0 Å². The summed E-state index contributed by atoms with van der Waals surface area (Å²) in [6, 6.07) is 8.91. The van der Waals surface area contributed by atoms with Gasteiger partial charge in [0.1, 0.15) is 17.1 Å². The van der Waals surface area contributed by atoms with Crippen LogP contribution in [0.4, 0.5) is 5.82 Å². The molecule has 4 N–H and O–H groups in total. The summed E-state index contributed by atoms with van der Waals surface area (Å²) in [6.45, 7) is -0.179. The monoisotopic (exact) mass is 260 g/mol. The number of nitrogens with one attached hydrogen (secondary N) is 2. The van der Waals surface area contributed by atoms with Gasteiger partial charge in [0.2, 0.25) is 0 Å². The summed E-state index contributed by atoms with van der Waals surface area (Å²) in [6.07, 6.45) is 1.25. The van der Waals surface area contributed by atoms with Gasteiger partial charge in [-0.25, -0.2) is 0 Å². The number of nitrogens with two attached hydrogens (primary N) is 1. The summed E-state index contributed by atoms with van der Waals surface area (Å²) in [5, 5.41) is 8.57. The molecule has 0 radical (unpaired) electrons. The van der Waals surface area contributed by atoms with E-state index in [1.54, 1.807) is 24.3 Å². The van der Waals surface area contributed by atoms with Crippen molar-refractivity contribution in [2.75, 3.05) is 11.9 Å². The topological polar surface area (TPSA) is 110 Å². The zero-order valence-electron chi connectivity index (χ0n) is 9.92. The number of H-pyrrole nitrogens is 1. The summed E-state index contributed by atoms with van der Waals surface area (Å²) in [5.74, 6) is -0.352.